The monoisotopic (exact) mass is 526 g/mol. The van der Waals surface area contributed by atoms with Crippen LogP contribution in [0.5, 0.6) is 11.5 Å². The highest BCUT2D eigenvalue weighted by Crippen LogP contribution is 2.30. The summed E-state index contributed by atoms with van der Waals surface area (Å²) in [6.07, 6.45) is 0. The van der Waals surface area contributed by atoms with Gasteiger partial charge in [-0.25, -0.2) is 0 Å². The van der Waals surface area contributed by atoms with E-state index in [0.29, 0.717) is 0 Å². The minimum absolute atomic E-state index is 0.725. The third-order valence-corrected chi connectivity index (χ3v) is 7.21. The first kappa shape index (κ1) is 26.4. The zero-order valence-electron chi connectivity index (χ0n) is 23.5. The Kier molecular flexibility index (Phi) is 7.91. The number of hydrogen-bond acceptors (Lipinski definition) is 8. The largest absolute Gasteiger partial charge is 0.496 e. The highest BCUT2D eigenvalue weighted by atomic mass is 16.5. The van der Waals surface area contributed by atoms with Crippen LogP contribution in [0.4, 0.5) is 11.4 Å². The van der Waals surface area contributed by atoms with Crippen LogP contribution in [0.15, 0.2) is 64.6 Å². The maximum atomic E-state index is 5.76. The minimum atomic E-state index is 0.725. The summed E-state index contributed by atoms with van der Waals surface area (Å²) in [4.78, 5) is 13.6. The third kappa shape index (κ3) is 5.95. The Balaban J connectivity index is 1.32. The van der Waals surface area contributed by atoms with Gasteiger partial charge in [-0.05, 0) is 42.8 Å². The van der Waals surface area contributed by atoms with E-state index in [1.165, 1.54) is 5.56 Å². The van der Waals surface area contributed by atoms with E-state index < -0.39 is 0 Å². The van der Waals surface area contributed by atoms with Crippen molar-refractivity contribution in [1.82, 2.24) is 10.6 Å². The summed E-state index contributed by atoms with van der Waals surface area (Å²) in [6, 6.07) is 19.3. The Morgan fingerprint density at radius 3 is 1.54 bits per heavy atom. The number of nitrogens with zero attached hydrogens (tertiary/aromatic N) is 4. The quantitative estimate of drug-likeness (QED) is 0.416. The lowest BCUT2D eigenvalue weighted by Gasteiger charge is -2.26. The molecule has 0 aliphatic carbocycles. The van der Waals surface area contributed by atoms with Crippen molar-refractivity contribution < 1.29 is 9.47 Å². The van der Waals surface area contributed by atoms with Gasteiger partial charge in [0.05, 0.1) is 27.3 Å². The predicted molar refractivity (Wildman–Crippen MR) is 160 cm³/mol. The molecule has 39 heavy (non-hydrogen) atoms. The zero-order valence-corrected chi connectivity index (χ0v) is 23.5. The molecule has 0 spiro atoms. The summed E-state index contributed by atoms with van der Waals surface area (Å²) < 4.78 is 11.5. The first-order chi connectivity index (χ1) is 18.9. The number of amidine groups is 2. The van der Waals surface area contributed by atoms with Crippen molar-refractivity contribution in [2.75, 3.05) is 64.3 Å². The van der Waals surface area contributed by atoms with Crippen molar-refractivity contribution in [3.05, 3.63) is 82.4 Å². The van der Waals surface area contributed by atoms with E-state index in [2.05, 4.69) is 106 Å². The van der Waals surface area contributed by atoms with Crippen LogP contribution in [0.2, 0.25) is 0 Å². The van der Waals surface area contributed by atoms with Crippen molar-refractivity contribution in [3.8, 4) is 11.5 Å². The van der Waals surface area contributed by atoms with E-state index in [1.807, 2.05) is 0 Å². The molecular formula is C31H38N6O2. The van der Waals surface area contributed by atoms with Gasteiger partial charge in [0, 0.05) is 73.9 Å². The average molecular weight is 527 g/mol. The van der Waals surface area contributed by atoms with Gasteiger partial charge in [0.1, 0.15) is 23.2 Å². The number of rotatable bonds is 10. The molecule has 2 N–H and O–H groups in total. The molecule has 204 valence electrons. The molecule has 0 atom stereocenters. The Morgan fingerprint density at radius 2 is 1.15 bits per heavy atom. The number of anilines is 2. The molecule has 0 amide bonds. The zero-order chi connectivity index (χ0) is 27.4. The van der Waals surface area contributed by atoms with E-state index in [-0.39, 0.29) is 0 Å². The minimum Gasteiger partial charge on any atom is -0.496 e. The van der Waals surface area contributed by atoms with Gasteiger partial charge in [0.25, 0.3) is 0 Å². The number of methoxy groups -OCH3 is 2. The fourth-order valence-corrected chi connectivity index (χ4v) is 5.10. The lowest BCUT2D eigenvalue weighted by Crippen LogP contribution is -2.21. The standard InChI is InChI=1S/C31H38N6O2/c1-21-14-26(36(2)19-24-8-6-22(16-28(24)38-4)30-32-10-11-33-30)18-27(15-21)37(3)20-25-9-7-23(17-29(25)39-5)31-34-12-13-35-31/h6-9,14-18H,10-13,19-20H2,1-5H3,(H,32,33)(H,34,35). The molecule has 0 radical (unpaired) electrons. The van der Waals surface area contributed by atoms with Crippen LogP contribution in [0.3, 0.4) is 0 Å². The molecule has 2 aliphatic heterocycles. The lowest BCUT2D eigenvalue weighted by molar-refractivity contribution is 0.409. The molecule has 0 bridgehead atoms. The molecule has 0 aromatic heterocycles. The van der Waals surface area contributed by atoms with Crippen molar-refractivity contribution >= 4 is 23.0 Å². The van der Waals surface area contributed by atoms with E-state index >= 15 is 0 Å². The summed E-state index contributed by atoms with van der Waals surface area (Å²) in [5.74, 6) is 3.62. The van der Waals surface area contributed by atoms with Gasteiger partial charge in [-0.15, -0.1) is 0 Å². The molecule has 3 aromatic carbocycles. The van der Waals surface area contributed by atoms with Gasteiger partial charge in [-0.2, -0.15) is 0 Å². The summed E-state index contributed by atoms with van der Waals surface area (Å²) in [7, 11) is 7.70. The molecule has 0 unspecified atom stereocenters. The molecule has 0 fully saturated rings. The van der Waals surface area contributed by atoms with Crippen LogP contribution in [0, 0.1) is 6.92 Å². The Morgan fingerprint density at radius 1 is 0.692 bits per heavy atom. The van der Waals surface area contributed by atoms with Crippen LogP contribution >= 0.6 is 0 Å². The summed E-state index contributed by atoms with van der Waals surface area (Å²) >= 11 is 0. The molecule has 3 aromatic rings. The maximum absolute atomic E-state index is 5.76. The Bertz CT molecular complexity index is 1300. The van der Waals surface area contributed by atoms with E-state index in [4.69, 9.17) is 9.47 Å². The number of aryl methyl sites for hydroxylation is 1. The van der Waals surface area contributed by atoms with Crippen LogP contribution in [0.1, 0.15) is 27.8 Å². The normalized spacial score (nSPS) is 14.3. The second-order valence-corrected chi connectivity index (χ2v) is 10.1. The Hall–Kier alpha value is -4.20. The summed E-state index contributed by atoms with van der Waals surface area (Å²) in [5, 5.41) is 6.67. The topological polar surface area (TPSA) is 73.7 Å². The predicted octanol–water partition coefficient (Wildman–Crippen LogP) is 3.98. The van der Waals surface area contributed by atoms with Crippen molar-refractivity contribution in [3.63, 3.8) is 0 Å². The number of hydrogen-bond donors (Lipinski definition) is 2. The smallest absolute Gasteiger partial charge is 0.128 e. The van der Waals surface area contributed by atoms with Crippen molar-refractivity contribution in [1.29, 1.82) is 0 Å². The molecule has 0 saturated heterocycles. The number of ether oxygens (including phenoxy) is 2. The second kappa shape index (κ2) is 11.7. The summed E-state index contributed by atoms with van der Waals surface area (Å²) in [5.41, 5.74) is 7.89. The van der Waals surface area contributed by atoms with E-state index in [0.717, 1.165) is 96.1 Å². The number of nitrogens with one attached hydrogen (secondary N) is 2. The highest BCUT2D eigenvalue weighted by Gasteiger charge is 2.16. The van der Waals surface area contributed by atoms with Gasteiger partial charge in [0.2, 0.25) is 0 Å². The van der Waals surface area contributed by atoms with Crippen LogP contribution in [-0.4, -0.2) is 66.2 Å². The number of benzene rings is 3. The fraction of sp³-hybridized carbons (Fsp3) is 0.355. The highest BCUT2D eigenvalue weighted by molar-refractivity contribution is 6.00. The van der Waals surface area contributed by atoms with Crippen molar-refractivity contribution in [2.24, 2.45) is 9.98 Å². The molecular weight excluding hydrogens is 488 g/mol. The molecule has 2 heterocycles. The van der Waals surface area contributed by atoms with Crippen molar-refractivity contribution in [2.45, 2.75) is 20.0 Å². The van der Waals surface area contributed by atoms with E-state index in [1.54, 1.807) is 14.2 Å². The Labute approximate surface area is 231 Å². The first-order valence-electron chi connectivity index (χ1n) is 13.4. The van der Waals surface area contributed by atoms with Crippen LogP contribution in [-0.2, 0) is 13.1 Å². The molecule has 0 saturated carbocycles. The third-order valence-electron chi connectivity index (χ3n) is 7.21. The fourth-order valence-electron chi connectivity index (χ4n) is 5.10. The first-order valence-corrected chi connectivity index (χ1v) is 13.4. The average Bonchev–Trinajstić information content (AvgIpc) is 3.68. The lowest BCUT2D eigenvalue weighted by atomic mass is 10.1. The molecule has 2 aliphatic rings. The summed E-state index contributed by atoms with van der Waals surface area (Å²) in [6.45, 7) is 7.00. The van der Waals surface area contributed by atoms with Gasteiger partial charge in [0.15, 0.2) is 0 Å². The van der Waals surface area contributed by atoms with E-state index in [9.17, 15) is 0 Å². The number of aliphatic imine (C=N–C) groups is 2. The second-order valence-electron chi connectivity index (χ2n) is 10.1. The van der Waals surface area contributed by atoms with Crippen LogP contribution < -0.4 is 29.9 Å². The molecule has 5 rings (SSSR count). The maximum Gasteiger partial charge on any atom is 0.128 e. The van der Waals surface area contributed by atoms with Gasteiger partial charge in [-0.1, -0.05) is 24.3 Å². The van der Waals surface area contributed by atoms with Gasteiger partial charge < -0.3 is 29.9 Å². The van der Waals surface area contributed by atoms with Gasteiger partial charge in [-0.3, -0.25) is 9.98 Å². The SMILES string of the molecule is COc1cc(C2=NCCN2)ccc1CN(C)c1cc(C)cc(N(C)Cc2ccc(C3=NCCN3)cc2OC)c1. The van der Waals surface area contributed by atoms with Crippen LogP contribution in [0.25, 0.3) is 0 Å². The molecule has 8 heteroatoms. The molecule has 8 nitrogen and oxygen atoms in total. The van der Waals surface area contributed by atoms with Gasteiger partial charge >= 0.3 is 0 Å².